The van der Waals surface area contributed by atoms with E-state index in [2.05, 4.69) is 20.1 Å². The van der Waals surface area contributed by atoms with E-state index in [1.54, 1.807) is 18.2 Å². The van der Waals surface area contributed by atoms with Gasteiger partial charge in [-0.15, -0.1) is 0 Å². The van der Waals surface area contributed by atoms with Gasteiger partial charge < -0.3 is 9.47 Å². The van der Waals surface area contributed by atoms with E-state index in [0.717, 1.165) is 17.1 Å². The van der Waals surface area contributed by atoms with Gasteiger partial charge in [-0.25, -0.2) is 0 Å². The van der Waals surface area contributed by atoms with Gasteiger partial charge in [0.15, 0.2) is 0 Å². The topological polar surface area (TPSA) is 18.5 Å². The number of benzene rings is 1. The fraction of sp³-hybridized carbons (Fsp3) is 0.133. The Balaban J connectivity index is 2.91. The van der Waals surface area contributed by atoms with Gasteiger partial charge in [0.2, 0.25) is 0 Å². The Hall–Kier alpha value is -1.96. The van der Waals surface area contributed by atoms with Crippen molar-refractivity contribution < 1.29 is 9.47 Å². The first-order valence-electron chi connectivity index (χ1n) is 5.39. The van der Waals surface area contributed by atoms with Gasteiger partial charge in [0, 0.05) is 11.6 Å². The summed E-state index contributed by atoms with van der Waals surface area (Å²) < 4.78 is 11.0. The molecule has 0 aliphatic carbocycles. The fourth-order valence-corrected chi connectivity index (χ4v) is 1.30. The minimum atomic E-state index is 0.461. The highest BCUT2D eigenvalue weighted by Crippen LogP contribution is 2.26. The molecular formula is C15H17O2. The Bertz CT molecular complexity index is 405. The van der Waals surface area contributed by atoms with Gasteiger partial charge in [-0.2, -0.15) is 0 Å². The summed E-state index contributed by atoms with van der Waals surface area (Å²) in [5.74, 6) is 1.51. The van der Waals surface area contributed by atoms with E-state index in [4.69, 9.17) is 9.47 Å². The molecule has 2 nitrogen and oxygen atoms in total. The van der Waals surface area contributed by atoms with Crippen LogP contribution in [0.25, 0.3) is 6.08 Å². The van der Waals surface area contributed by atoms with Crippen molar-refractivity contribution in [2.24, 2.45) is 0 Å². The van der Waals surface area contributed by atoms with Gasteiger partial charge in [-0.1, -0.05) is 37.5 Å². The molecule has 89 valence electrons. The Morgan fingerprint density at radius 3 is 2.41 bits per heavy atom. The van der Waals surface area contributed by atoms with E-state index in [0.29, 0.717) is 13.2 Å². The normalized spacial score (nSPS) is 10.2. The first kappa shape index (κ1) is 13.1. The van der Waals surface area contributed by atoms with E-state index in [1.165, 1.54) is 0 Å². The number of allylic oxidation sites excluding steroid dienone is 1. The summed E-state index contributed by atoms with van der Waals surface area (Å²) >= 11 is 0. The minimum Gasteiger partial charge on any atom is -0.489 e. The molecule has 1 radical (unpaired) electrons. The minimum absolute atomic E-state index is 0.461. The van der Waals surface area contributed by atoms with Crippen LogP contribution in [0.5, 0.6) is 11.5 Å². The molecule has 0 saturated carbocycles. The molecule has 17 heavy (non-hydrogen) atoms. The first-order valence-corrected chi connectivity index (χ1v) is 5.39. The largest absolute Gasteiger partial charge is 0.489 e. The molecular weight excluding hydrogens is 212 g/mol. The number of ether oxygens (including phenoxy) is 2. The molecule has 0 fully saturated rings. The predicted octanol–water partition coefficient (Wildman–Crippen LogP) is 3.66. The summed E-state index contributed by atoms with van der Waals surface area (Å²) in [6.45, 7) is 11.8. The number of rotatable bonds is 7. The lowest BCUT2D eigenvalue weighted by molar-refractivity contribution is 0.344. The van der Waals surface area contributed by atoms with Gasteiger partial charge in [0.05, 0.1) is 0 Å². The van der Waals surface area contributed by atoms with Crippen molar-refractivity contribution in [3.05, 3.63) is 62.1 Å². The lowest BCUT2D eigenvalue weighted by Crippen LogP contribution is -1.97. The van der Waals surface area contributed by atoms with E-state index in [1.807, 2.05) is 24.3 Å². The predicted molar refractivity (Wildman–Crippen MR) is 72.2 cm³/mol. The molecule has 0 aliphatic heterocycles. The van der Waals surface area contributed by atoms with Crippen LogP contribution < -0.4 is 9.47 Å². The molecule has 0 heterocycles. The zero-order valence-corrected chi connectivity index (χ0v) is 9.89. The maximum absolute atomic E-state index is 5.56. The lowest BCUT2D eigenvalue weighted by Gasteiger charge is -2.10. The second-order valence-corrected chi connectivity index (χ2v) is 3.30. The van der Waals surface area contributed by atoms with Gasteiger partial charge in [-0.05, 0) is 19.1 Å². The van der Waals surface area contributed by atoms with Crippen molar-refractivity contribution in [3.8, 4) is 11.5 Å². The smallest absolute Gasteiger partial charge is 0.130 e. The van der Waals surface area contributed by atoms with Crippen LogP contribution in [0.3, 0.4) is 0 Å². The highest BCUT2D eigenvalue weighted by Gasteiger charge is 2.03. The second-order valence-electron chi connectivity index (χ2n) is 3.30. The maximum atomic E-state index is 5.56. The zero-order chi connectivity index (χ0) is 12.5. The van der Waals surface area contributed by atoms with E-state index < -0.39 is 0 Å². The molecule has 0 bridgehead atoms. The third-order valence-electron chi connectivity index (χ3n) is 2.01. The van der Waals surface area contributed by atoms with Gasteiger partial charge in [-0.3, -0.25) is 0 Å². The molecule has 1 aromatic rings. The molecule has 0 N–H and O–H groups in total. The van der Waals surface area contributed by atoms with Gasteiger partial charge in [0.1, 0.15) is 24.7 Å². The fourth-order valence-electron chi connectivity index (χ4n) is 1.30. The molecule has 0 saturated heterocycles. The van der Waals surface area contributed by atoms with E-state index in [9.17, 15) is 0 Å². The summed E-state index contributed by atoms with van der Waals surface area (Å²) in [6.07, 6.45) is 7.01. The lowest BCUT2D eigenvalue weighted by atomic mass is 10.2. The first-order chi connectivity index (χ1) is 8.31. The quantitative estimate of drug-likeness (QED) is 0.664. The van der Waals surface area contributed by atoms with Crippen LogP contribution in [0.4, 0.5) is 0 Å². The summed E-state index contributed by atoms with van der Waals surface area (Å²) in [7, 11) is 0. The maximum Gasteiger partial charge on any atom is 0.130 e. The van der Waals surface area contributed by atoms with Crippen molar-refractivity contribution in [2.75, 3.05) is 13.2 Å². The second kappa shape index (κ2) is 7.34. The molecule has 0 aliphatic rings. The van der Waals surface area contributed by atoms with Crippen molar-refractivity contribution in [1.29, 1.82) is 0 Å². The summed E-state index contributed by atoms with van der Waals surface area (Å²) in [5, 5.41) is 0. The highest BCUT2D eigenvalue weighted by atomic mass is 16.5. The molecule has 0 amide bonds. The molecule has 2 heteroatoms. The average molecular weight is 229 g/mol. The van der Waals surface area contributed by atoms with Crippen LogP contribution in [0, 0.1) is 6.92 Å². The molecule has 0 spiro atoms. The SMILES string of the molecule is [CH2]C=Cc1ccc(OCC=C)cc1OCC=C. The standard InChI is InChI=1S/C15H17O2/c1-4-7-13-8-9-14(16-10-5-2)12-15(13)17-11-6-3/h4-9,12H,1-3,10-11H2. The average Bonchev–Trinajstić information content (AvgIpc) is 2.36. The number of hydrogen-bond acceptors (Lipinski definition) is 2. The van der Waals surface area contributed by atoms with E-state index >= 15 is 0 Å². The van der Waals surface area contributed by atoms with Crippen molar-refractivity contribution in [3.63, 3.8) is 0 Å². The Kier molecular flexibility index (Phi) is 5.66. The van der Waals surface area contributed by atoms with Crippen LogP contribution in [-0.2, 0) is 0 Å². The monoisotopic (exact) mass is 229 g/mol. The molecule has 1 rings (SSSR count). The Morgan fingerprint density at radius 1 is 1.06 bits per heavy atom. The van der Waals surface area contributed by atoms with Crippen LogP contribution in [0.15, 0.2) is 49.6 Å². The van der Waals surface area contributed by atoms with Crippen LogP contribution >= 0.6 is 0 Å². The van der Waals surface area contributed by atoms with E-state index in [-0.39, 0.29) is 0 Å². The third-order valence-corrected chi connectivity index (χ3v) is 2.01. The van der Waals surface area contributed by atoms with Crippen molar-refractivity contribution >= 4 is 6.08 Å². The highest BCUT2D eigenvalue weighted by molar-refractivity contribution is 5.59. The van der Waals surface area contributed by atoms with Gasteiger partial charge >= 0.3 is 0 Å². The van der Waals surface area contributed by atoms with Crippen LogP contribution in [-0.4, -0.2) is 13.2 Å². The van der Waals surface area contributed by atoms with Crippen LogP contribution in [0.1, 0.15) is 5.56 Å². The molecule has 0 aromatic heterocycles. The van der Waals surface area contributed by atoms with Crippen molar-refractivity contribution in [1.82, 2.24) is 0 Å². The number of hydrogen-bond donors (Lipinski definition) is 0. The zero-order valence-electron chi connectivity index (χ0n) is 9.89. The molecule has 0 unspecified atom stereocenters. The van der Waals surface area contributed by atoms with Crippen LogP contribution in [0.2, 0.25) is 0 Å². The summed E-state index contributed by atoms with van der Waals surface area (Å²) in [4.78, 5) is 0. The summed E-state index contributed by atoms with van der Waals surface area (Å²) in [5.41, 5.74) is 0.966. The van der Waals surface area contributed by atoms with Gasteiger partial charge in [0.25, 0.3) is 0 Å². The third kappa shape index (κ3) is 4.19. The van der Waals surface area contributed by atoms with Crippen molar-refractivity contribution in [2.45, 2.75) is 0 Å². The molecule has 1 aromatic carbocycles. The Morgan fingerprint density at radius 2 is 1.76 bits per heavy atom. The Labute approximate surface area is 103 Å². The molecule has 0 atom stereocenters. The summed E-state index contributed by atoms with van der Waals surface area (Å²) in [6, 6.07) is 5.67.